The van der Waals surface area contributed by atoms with Crippen molar-refractivity contribution in [1.29, 1.82) is 0 Å². The Balaban J connectivity index is 2.96. The average Bonchev–Trinajstić information content (AvgIpc) is 2.37. The van der Waals surface area contributed by atoms with Gasteiger partial charge in [0.15, 0.2) is 0 Å². The van der Waals surface area contributed by atoms with Gasteiger partial charge in [0, 0.05) is 12.9 Å². The molecular formula is C12H17ClN2O3S. The lowest BCUT2D eigenvalue weighted by Crippen LogP contribution is -2.25. The summed E-state index contributed by atoms with van der Waals surface area (Å²) in [5.74, 6) is -0.327. The molecule has 0 radical (unpaired) electrons. The molecule has 0 bridgehead atoms. The highest BCUT2D eigenvalue weighted by molar-refractivity contribution is 7.92. The highest BCUT2D eigenvalue weighted by atomic mass is 35.5. The molecule has 0 spiro atoms. The largest absolute Gasteiger partial charge is 0.355 e. The average molecular weight is 305 g/mol. The van der Waals surface area contributed by atoms with Crippen molar-refractivity contribution >= 4 is 33.2 Å². The molecule has 0 saturated carbocycles. The molecule has 1 aromatic rings. The number of hydrogen-bond acceptors (Lipinski definition) is 3. The first-order chi connectivity index (χ1) is 8.89. The van der Waals surface area contributed by atoms with E-state index in [-0.39, 0.29) is 34.7 Å². The van der Waals surface area contributed by atoms with Crippen LogP contribution in [0.4, 0.5) is 5.69 Å². The molecule has 1 aromatic carbocycles. The van der Waals surface area contributed by atoms with Gasteiger partial charge in [-0.15, -0.1) is 11.6 Å². The molecule has 1 unspecified atom stereocenters. The summed E-state index contributed by atoms with van der Waals surface area (Å²) in [7, 11) is -2.04. The highest BCUT2D eigenvalue weighted by Crippen LogP contribution is 2.17. The number of alkyl halides is 1. The smallest absolute Gasteiger partial charge is 0.253 e. The lowest BCUT2D eigenvalue weighted by Gasteiger charge is -2.13. The van der Waals surface area contributed by atoms with E-state index in [9.17, 15) is 13.2 Å². The molecule has 2 N–H and O–H groups in total. The van der Waals surface area contributed by atoms with Gasteiger partial charge >= 0.3 is 0 Å². The molecule has 1 rings (SSSR count). The monoisotopic (exact) mass is 304 g/mol. The van der Waals surface area contributed by atoms with Gasteiger partial charge in [-0.3, -0.25) is 9.52 Å². The van der Waals surface area contributed by atoms with Crippen LogP contribution in [0.3, 0.4) is 0 Å². The summed E-state index contributed by atoms with van der Waals surface area (Å²) >= 11 is 5.61. The van der Waals surface area contributed by atoms with Crippen LogP contribution < -0.4 is 10.0 Å². The summed E-state index contributed by atoms with van der Waals surface area (Å²) in [5, 5.41) is 2.46. The lowest BCUT2D eigenvalue weighted by atomic mass is 10.2. The van der Waals surface area contributed by atoms with Gasteiger partial charge in [-0.05, 0) is 18.1 Å². The predicted octanol–water partition coefficient (Wildman–Crippen LogP) is 1.66. The lowest BCUT2D eigenvalue weighted by molar-refractivity contribution is 0.0964. The Morgan fingerprint density at radius 1 is 1.37 bits per heavy atom. The maximum Gasteiger partial charge on any atom is 0.253 e. The zero-order valence-electron chi connectivity index (χ0n) is 10.8. The Morgan fingerprint density at radius 3 is 2.58 bits per heavy atom. The molecule has 1 atom stereocenters. The van der Waals surface area contributed by atoms with Crippen molar-refractivity contribution in [1.82, 2.24) is 5.32 Å². The number of amides is 1. The van der Waals surface area contributed by atoms with Gasteiger partial charge in [-0.2, -0.15) is 0 Å². The second kappa shape index (κ2) is 6.77. The molecule has 0 fully saturated rings. The van der Waals surface area contributed by atoms with Crippen molar-refractivity contribution < 1.29 is 13.2 Å². The molecule has 7 heteroatoms. The van der Waals surface area contributed by atoms with E-state index in [1.165, 1.54) is 7.05 Å². The number of rotatable bonds is 6. The third kappa shape index (κ3) is 4.72. The number of sulfonamides is 1. The maximum absolute atomic E-state index is 11.9. The van der Waals surface area contributed by atoms with E-state index in [0.29, 0.717) is 0 Å². The molecular weight excluding hydrogens is 288 g/mol. The Bertz CT molecular complexity index is 546. The number of carbonyl (C=O) groups excluding carboxylic acids is 1. The van der Waals surface area contributed by atoms with Crippen LogP contribution in [-0.4, -0.2) is 33.0 Å². The molecule has 0 heterocycles. The summed E-state index contributed by atoms with van der Waals surface area (Å²) in [5.41, 5.74) is 0.552. The van der Waals surface area contributed by atoms with Crippen LogP contribution in [0.15, 0.2) is 24.3 Å². The summed E-state index contributed by atoms with van der Waals surface area (Å²) in [6.45, 7) is 1.75. The Hall–Kier alpha value is -1.27. The van der Waals surface area contributed by atoms with Crippen LogP contribution >= 0.6 is 11.6 Å². The number of hydrogen-bond donors (Lipinski definition) is 2. The summed E-state index contributed by atoms with van der Waals surface area (Å²) in [6.07, 6.45) is 0. The number of para-hydroxylation sites is 1. The van der Waals surface area contributed by atoms with E-state index in [0.717, 1.165) is 0 Å². The molecule has 0 aliphatic carbocycles. The summed E-state index contributed by atoms with van der Waals surface area (Å²) in [6, 6.07) is 6.44. The van der Waals surface area contributed by atoms with E-state index in [1.807, 2.05) is 0 Å². The summed E-state index contributed by atoms with van der Waals surface area (Å²) in [4.78, 5) is 11.6. The second-order valence-electron chi connectivity index (χ2n) is 4.27. The fraction of sp³-hybridized carbons (Fsp3) is 0.417. The molecule has 5 nitrogen and oxygen atoms in total. The minimum atomic E-state index is -3.52. The van der Waals surface area contributed by atoms with E-state index < -0.39 is 10.0 Å². The fourth-order valence-electron chi connectivity index (χ4n) is 1.53. The third-order valence-electron chi connectivity index (χ3n) is 2.43. The molecule has 106 valence electrons. The molecule has 0 aliphatic heterocycles. The van der Waals surface area contributed by atoms with Gasteiger partial charge in [0.2, 0.25) is 10.0 Å². The van der Waals surface area contributed by atoms with Crippen LogP contribution in [0.2, 0.25) is 0 Å². The van der Waals surface area contributed by atoms with Crippen LogP contribution in [0.25, 0.3) is 0 Å². The quantitative estimate of drug-likeness (QED) is 0.785. The van der Waals surface area contributed by atoms with Gasteiger partial charge in [-0.25, -0.2) is 8.42 Å². The zero-order chi connectivity index (χ0) is 14.5. The molecule has 0 saturated heterocycles. The van der Waals surface area contributed by atoms with Crippen molar-refractivity contribution in [3.05, 3.63) is 29.8 Å². The molecule has 1 amide bonds. The van der Waals surface area contributed by atoms with E-state index in [1.54, 1.807) is 31.2 Å². The van der Waals surface area contributed by atoms with Gasteiger partial charge in [0.05, 0.1) is 17.0 Å². The van der Waals surface area contributed by atoms with Crippen molar-refractivity contribution in [2.24, 2.45) is 5.92 Å². The van der Waals surface area contributed by atoms with Crippen LogP contribution in [0.5, 0.6) is 0 Å². The van der Waals surface area contributed by atoms with Crippen molar-refractivity contribution in [3.8, 4) is 0 Å². The fourth-order valence-corrected chi connectivity index (χ4v) is 3.23. The minimum absolute atomic E-state index is 0.0847. The van der Waals surface area contributed by atoms with E-state index >= 15 is 0 Å². The Labute approximate surface area is 118 Å². The number of carbonyl (C=O) groups is 1. The highest BCUT2D eigenvalue weighted by Gasteiger charge is 2.18. The van der Waals surface area contributed by atoms with Crippen molar-refractivity contribution in [2.75, 3.05) is 23.4 Å². The Kier molecular flexibility index (Phi) is 5.62. The number of halogens is 1. The molecule has 0 aliphatic rings. The third-order valence-corrected chi connectivity index (χ3v) is 4.50. The number of benzene rings is 1. The first kappa shape index (κ1) is 15.8. The minimum Gasteiger partial charge on any atom is -0.355 e. The van der Waals surface area contributed by atoms with Crippen molar-refractivity contribution in [2.45, 2.75) is 6.92 Å². The first-order valence-electron chi connectivity index (χ1n) is 5.77. The van der Waals surface area contributed by atoms with Crippen LogP contribution in [0, 0.1) is 5.92 Å². The normalized spacial score (nSPS) is 12.8. The first-order valence-corrected chi connectivity index (χ1v) is 7.96. The number of anilines is 1. The molecule has 19 heavy (non-hydrogen) atoms. The Morgan fingerprint density at radius 2 is 2.00 bits per heavy atom. The number of nitrogens with one attached hydrogen (secondary N) is 2. The zero-order valence-corrected chi connectivity index (χ0v) is 12.4. The van der Waals surface area contributed by atoms with Gasteiger partial charge in [0.25, 0.3) is 5.91 Å². The topological polar surface area (TPSA) is 75.3 Å². The van der Waals surface area contributed by atoms with Gasteiger partial charge in [-0.1, -0.05) is 19.1 Å². The van der Waals surface area contributed by atoms with E-state index in [4.69, 9.17) is 11.6 Å². The van der Waals surface area contributed by atoms with Gasteiger partial charge in [0.1, 0.15) is 0 Å². The standard InChI is InChI=1S/C12H17ClN2O3S/c1-9(7-13)8-19(17,18)15-11-6-4-3-5-10(11)12(16)14-2/h3-6,9,15H,7-8H2,1-2H3,(H,14,16). The molecule has 0 aromatic heterocycles. The van der Waals surface area contributed by atoms with E-state index in [2.05, 4.69) is 10.0 Å². The van der Waals surface area contributed by atoms with Crippen LogP contribution in [0.1, 0.15) is 17.3 Å². The predicted molar refractivity (Wildman–Crippen MR) is 77.1 cm³/mol. The maximum atomic E-state index is 11.9. The second-order valence-corrected chi connectivity index (χ2v) is 6.34. The SMILES string of the molecule is CNC(=O)c1ccccc1NS(=O)(=O)CC(C)CCl. The van der Waals surface area contributed by atoms with Gasteiger partial charge < -0.3 is 5.32 Å². The van der Waals surface area contributed by atoms with Crippen molar-refractivity contribution in [3.63, 3.8) is 0 Å². The van der Waals surface area contributed by atoms with Crippen LogP contribution in [-0.2, 0) is 10.0 Å². The summed E-state index contributed by atoms with van der Waals surface area (Å²) < 4.78 is 26.3.